The maximum Gasteiger partial charge on any atom is 0.121 e. The van der Waals surface area contributed by atoms with Crippen LogP contribution >= 0.6 is 11.6 Å². The van der Waals surface area contributed by atoms with Crippen LogP contribution in [0.4, 0.5) is 5.69 Å². The largest absolute Gasteiger partial charge is 0.367 e. The van der Waals surface area contributed by atoms with Crippen LogP contribution in [0.5, 0.6) is 0 Å². The summed E-state index contributed by atoms with van der Waals surface area (Å²) in [6.07, 6.45) is 1.68. The Labute approximate surface area is 100 Å². The van der Waals surface area contributed by atoms with Crippen LogP contribution in [0.1, 0.15) is 12.8 Å². The number of anilines is 1. The number of nitriles is 1. The van der Waals surface area contributed by atoms with Gasteiger partial charge in [0.05, 0.1) is 16.8 Å². The maximum atomic E-state index is 9.05. The van der Waals surface area contributed by atoms with Crippen molar-refractivity contribution in [3.63, 3.8) is 0 Å². The number of para-hydroxylation sites is 1. The summed E-state index contributed by atoms with van der Waals surface area (Å²) in [5, 5.41) is 9.76. The van der Waals surface area contributed by atoms with Gasteiger partial charge in [0.2, 0.25) is 0 Å². The predicted octanol–water partition coefficient (Wildman–Crippen LogP) is 2.16. The van der Waals surface area contributed by atoms with Gasteiger partial charge in [-0.05, 0) is 25.0 Å². The molecule has 1 aliphatic rings. The molecule has 0 amide bonds. The van der Waals surface area contributed by atoms with E-state index < -0.39 is 5.54 Å². The minimum Gasteiger partial charge on any atom is -0.367 e. The zero-order valence-corrected chi connectivity index (χ0v) is 9.74. The molecule has 0 aliphatic carbocycles. The topological polar surface area (TPSA) is 53.1 Å². The third kappa shape index (κ3) is 2.13. The Morgan fingerprint density at radius 3 is 2.88 bits per heavy atom. The van der Waals surface area contributed by atoms with Crippen molar-refractivity contribution in [1.82, 2.24) is 0 Å². The minimum absolute atomic E-state index is 0.549. The van der Waals surface area contributed by atoms with E-state index in [1.54, 1.807) is 0 Å². The number of nitrogens with two attached hydrogens (primary N) is 1. The van der Waals surface area contributed by atoms with Crippen molar-refractivity contribution >= 4 is 17.3 Å². The highest BCUT2D eigenvalue weighted by atomic mass is 35.5. The smallest absolute Gasteiger partial charge is 0.121 e. The highest BCUT2D eigenvalue weighted by molar-refractivity contribution is 6.33. The van der Waals surface area contributed by atoms with E-state index in [1.807, 2.05) is 24.3 Å². The van der Waals surface area contributed by atoms with Crippen molar-refractivity contribution in [2.45, 2.75) is 18.4 Å². The van der Waals surface area contributed by atoms with E-state index in [-0.39, 0.29) is 0 Å². The fourth-order valence-corrected chi connectivity index (χ4v) is 2.34. The highest BCUT2D eigenvalue weighted by Crippen LogP contribution is 2.29. The van der Waals surface area contributed by atoms with Gasteiger partial charge in [0.1, 0.15) is 5.54 Å². The Balaban J connectivity index is 2.23. The van der Waals surface area contributed by atoms with Crippen molar-refractivity contribution in [2.75, 3.05) is 18.0 Å². The molecule has 1 heterocycles. The average Bonchev–Trinajstić information content (AvgIpc) is 2.30. The molecule has 0 saturated carbocycles. The summed E-state index contributed by atoms with van der Waals surface area (Å²) >= 11 is 6.13. The van der Waals surface area contributed by atoms with Gasteiger partial charge in [-0.2, -0.15) is 5.26 Å². The second-order valence-electron chi connectivity index (χ2n) is 4.24. The van der Waals surface area contributed by atoms with Crippen molar-refractivity contribution in [3.05, 3.63) is 29.3 Å². The van der Waals surface area contributed by atoms with Crippen LogP contribution in [0.2, 0.25) is 5.02 Å². The summed E-state index contributed by atoms with van der Waals surface area (Å²) in [6.45, 7) is 1.46. The van der Waals surface area contributed by atoms with E-state index in [1.165, 1.54) is 0 Å². The molecule has 0 radical (unpaired) electrons. The lowest BCUT2D eigenvalue weighted by atomic mass is 9.91. The molecule has 0 bridgehead atoms. The molecule has 1 saturated heterocycles. The zero-order chi connectivity index (χ0) is 11.6. The molecule has 2 rings (SSSR count). The molecule has 1 fully saturated rings. The highest BCUT2D eigenvalue weighted by Gasteiger charge is 2.32. The van der Waals surface area contributed by atoms with Crippen molar-refractivity contribution in [1.29, 1.82) is 5.26 Å². The average molecular weight is 236 g/mol. The Kier molecular flexibility index (Phi) is 3.04. The first-order chi connectivity index (χ1) is 7.64. The summed E-state index contributed by atoms with van der Waals surface area (Å²) < 4.78 is 0. The Hall–Kier alpha value is -1.24. The van der Waals surface area contributed by atoms with E-state index in [9.17, 15) is 0 Å². The number of piperidine rings is 1. The molecule has 1 aromatic carbocycles. The van der Waals surface area contributed by atoms with Crippen molar-refractivity contribution in [3.8, 4) is 6.07 Å². The monoisotopic (exact) mass is 235 g/mol. The van der Waals surface area contributed by atoms with Gasteiger partial charge in [0, 0.05) is 13.1 Å². The van der Waals surface area contributed by atoms with Gasteiger partial charge in [0.25, 0.3) is 0 Å². The van der Waals surface area contributed by atoms with Crippen LogP contribution in [0.3, 0.4) is 0 Å². The second kappa shape index (κ2) is 4.32. The SMILES string of the molecule is N#CC1(N)CCCN(c2ccccc2Cl)C1. The lowest BCUT2D eigenvalue weighted by molar-refractivity contribution is 0.424. The van der Waals surface area contributed by atoms with Crippen LogP contribution in [0, 0.1) is 11.3 Å². The van der Waals surface area contributed by atoms with E-state index in [4.69, 9.17) is 22.6 Å². The molecule has 3 nitrogen and oxygen atoms in total. The van der Waals surface area contributed by atoms with E-state index in [0.717, 1.165) is 25.1 Å². The molecular weight excluding hydrogens is 222 g/mol. The summed E-state index contributed by atoms with van der Waals surface area (Å²) in [4.78, 5) is 2.09. The number of benzene rings is 1. The van der Waals surface area contributed by atoms with Crippen LogP contribution in [-0.4, -0.2) is 18.6 Å². The van der Waals surface area contributed by atoms with Gasteiger partial charge in [-0.25, -0.2) is 0 Å². The number of nitrogens with zero attached hydrogens (tertiary/aromatic N) is 2. The zero-order valence-electron chi connectivity index (χ0n) is 8.99. The molecule has 2 N–H and O–H groups in total. The molecule has 1 aliphatic heterocycles. The molecule has 4 heteroatoms. The van der Waals surface area contributed by atoms with E-state index >= 15 is 0 Å². The summed E-state index contributed by atoms with van der Waals surface area (Å²) in [6, 6.07) is 9.86. The van der Waals surface area contributed by atoms with Crippen LogP contribution in [0.15, 0.2) is 24.3 Å². The molecule has 1 aromatic rings. The lowest BCUT2D eigenvalue weighted by Crippen LogP contribution is -2.53. The summed E-state index contributed by atoms with van der Waals surface area (Å²) in [5.41, 5.74) is 6.22. The van der Waals surface area contributed by atoms with Crippen LogP contribution in [0.25, 0.3) is 0 Å². The first-order valence-corrected chi connectivity index (χ1v) is 5.72. The molecular formula is C12H14ClN3. The molecule has 0 aromatic heterocycles. The molecule has 84 valence electrons. The van der Waals surface area contributed by atoms with Crippen molar-refractivity contribution in [2.24, 2.45) is 5.73 Å². The van der Waals surface area contributed by atoms with Crippen LogP contribution < -0.4 is 10.6 Å². The van der Waals surface area contributed by atoms with Crippen LogP contribution in [-0.2, 0) is 0 Å². The maximum absolute atomic E-state index is 9.05. The number of rotatable bonds is 1. The van der Waals surface area contributed by atoms with Gasteiger partial charge in [-0.1, -0.05) is 23.7 Å². The Morgan fingerprint density at radius 2 is 2.19 bits per heavy atom. The van der Waals surface area contributed by atoms with Gasteiger partial charge in [-0.3, -0.25) is 0 Å². The Bertz CT molecular complexity index is 427. The molecule has 1 unspecified atom stereocenters. The molecule has 0 spiro atoms. The lowest BCUT2D eigenvalue weighted by Gasteiger charge is -2.37. The third-order valence-corrected chi connectivity index (χ3v) is 3.26. The van der Waals surface area contributed by atoms with E-state index in [2.05, 4.69) is 11.0 Å². The second-order valence-corrected chi connectivity index (χ2v) is 4.65. The minimum atomic E-state index is -0.739. The fourth-order valence-electron chi connectivity index (χ4n) is 2.09. The first-order valence-electron chi connectivity index (χ1n) is 5.34. The normalized spacial score (nSPS) is 25.2. The van der Waals surface area contributed by atoms with Gasteiger partial charge >= 0.3 is 0 Å². The number of hydrogen-bond acceptors (Lipinski definition) is 3. The fraction of sp³-hybridized carbons (Fsp3) is 0.417. The quantitative estimate of drug-likeness (QED) is 0.812. The predicted molar refractivity (Wildman–Crippen MR) is 65.4 cm³/mol. The van der Waals surface area contributed by atoms with Crippen molar-refractivity contribution < 1.29 is 0 Å². The van der Waals surface area contributed by atoms with E-state index in [0.29, 0.717) is 11.6 Å². The number of halogens is 1. The van der Waals surface area contributed by atoms with Gasteiger partial charge < -0.3 is 10.6 Å². The third-order valence-electron chi connectivity index (χ3n) is 2.94. The molecule has 16 heavy (non-hydrogen) atoms. The summed E-state index contributed by atoms with van der Waals surface area (Å²) in [5.74, 6) is 0. The summed E-state index contributed by atoms with van der Waals surface area (Å²) in [7, 11) is 0. The van der Waals surface area contributed by atoms with Gasteiger partial charge in [-0.15, -0.1) is 0 Å². The standard InChI is InChI=1S/C12H14ClN3/c13-10-4-1-2-5-11(10)16-7-3-6-12(15,8-14)9-16/h1-2,4-5H,3,6-7,9,15H2. The first kappa shape index (κ1) is 11.3. The Morgan fingerprint density at radius 1 is 1.44 bits per heavy atom. The molecule has 1 atom stereocenters. The number of hydrogen-bond donors (Lipinski definition) is 1. The van der Waals surface area contributed by atoms with Gasteiger partial charge in [0.15, 0.2) is 0 Å².